The normalized spacial score (nSPS) is 10.3. The molecule has 0 heterocycles. The maximum atomic E-state index is 12.0. The Morgan fingerprint density at radius 1 is 1.33 bits per heavy atom. The third-order valence-corrected chi connectivity index (χ3v) is 2.41. The van der Waals surface area contributed by atoms with Crippen molar-refractivity contribution in [2.24, 2.45) is 0 Å². The molecule has 80 valence electrons. The minimum atomic E-state index is -2.47. The van der Waals surface area contributed by atoms with Gasteiger partial charge < -0.3 is 5.11 Å². The fourth-order valence-electron chi connectivity index (χ4n) is 0.961. The highest BCUT2D eigenvalue weighted by Crippen LogP contribution is 2.26. The lowest BCUT2D eigenvalue weighted by molar-refractivity contribution is -0.130. The molecule has 0 aliphatic carbocycles. The minimum absolute atomic E-state index is 0.0522. The molecule has 0 saturated heterocycles. The van der Waals surface area contributed by atoms with Crippen LogP contribution in [0.3, 0.4) is 0 Å². The van der Waals surface area contributed by atoms with Crippen molar-refractivity contribution in [2.45, 2.75) is 10.7 Å². The number of benzene rings is 1. The van der Waals surface area contributed by atoms with Crippen molar-refractivity contribution in [1.29, 1.82) is 0 Å². The molecule has 5 heteroatoms. The highest BCUT2D eigenvalue weighted by molar-refractivity contribution is 7.99. The first-order valence-corrected chi connectivity index (χ1v) is 4.86. The zero-order valence-corrected chi connectivity index (χ0v) is 8.43. The maximum absolute atomic E-state index is 12.0. The van der Waals surface area contributed by atoms with Gasteiger partial charge >= 0.3 is 5.97 Å². The van der Waals surface area contributed by atoms with Gasteiger partial charge in [-0.25, -0.2) is 4.79 Å². The number of hydrogen-bond donors (Lipinski definition) is 1. The maximum Gasteiger partial charge on any atom is 0.335 e. The van der Waals surface area contributed by atoms with Crippen molar-refractivity contribution >= 4 is 23.3 Å². The van der Waals surface area contributed by atoms with Gasteiger partial charge in [-0.2, -0.15) is 8.78 Å². The SMILES string of the molecule is C=C(C(=O)O)c1ccc(SC(F)F)cc1. The Hall–Kier alpha value is -1.36. The summed E-state index contributed by atoms with van der Waals surface area (Å²) < 4.78 is 23.9. The number of carboxylic acid groups (broad SMARTS) is 1. The van der Waals surface area contributed by atoms with Gasteiger partial charge in [-0.05, 0) is 17.7 Å². The van der Waals surface area contributed by atoms with Gasteiger partial charge in [0.05, 0.1) is 5.57 Å². The lowest BCUT2D eigenvalue weighted by Gasteiger charge is -2.02. The minimum Gasteiger partial charge on any atom is -0.478 e. The summed E-state index contributed by atoms with van der Waals surface area (Å²) in [5.41, 5.74) is 0.365. The van der Waals surface area contributed by atoms with E-state index in [1.807, 2.05) is 0 Å². The molecular weight excluding hydrogens is 222 g/mol. The van der Waals surface area contributed by atoms with Gasteiger partial charge in [-0.15, -0.1) is 0 Å². The summed E-state index contributed by atoms with van der Waals surface area (Å²) in [4.78, 5) is 10.9. The third kappa shape index (κ3) is 3.36. The Balaban J connectivity index is 2.81. The number of halogens is 2. The average molecular weight is 230 g/mol. The quantitative estimate of drug-likeness (QED) is 0.638. The second-order valence-electron chi connectivity index (χ2n) is 2.69. The van der Waals surface area contributed by atoms with Crippen molar-refractivity contribution in [3.05, 3.63) is 36.4 Å². The van der Waals surface area contributed by atoms with Crippen LogP contribution in [0.15, 0.2) is 35.7 Å². The number of hydrogen-bond acceptors (Lipinski definition) is 2. The Kier molecular flexibility index (Phi) is 3.85. The Bertz CT molecular complexity index is 374. The number of rotatable bonds is 4. The molecule has 0 aliphatic rings. The van der Waals surface area contributed by atoms with Crippen molar-refractivity contribution in [3.8, 4) is 0 Å². The van der Waals surface area contributed by atoms with Gasteiger partial charge in [-0.1, -0.05) is 30.5 Å². The van der Waals surface area contributed by atoms with E-state index in [0.29, 0.717) is 22.2 Å². The summed E-state index contributed by atoms with van der Waals surface area (Å²) in [7, 11) is 0. The summed E-state index contributed by atoms with van der Waals surface area (Å²) in [6.07, 6.45) is 0. The standard InChI is InChI=1S/C10H8F2O2S/c1-6(9(13)14)7-2-4-8(5-3-7)15-10(11)12/h2-5,10H,1H2,(H,13,14). The molecule has 1 rings (SSSR count). The first kappa shape index (κ1) is 11.7. The van der Waals surface area contributed by atoms with Gasteiger partial charge in [-0.3, -0.25) is 0 Å². The van der Waals surface area contributed by atoms with Crippen LogP contribution in [-0.4, -0.2) is 16.8 Å². The monoisotopic (exact) mass is 230 g/mol. The first-order valence-electron chi connectivity index (χ1n) is 3.98. The molecule has 0 atom stereocenters. The van der Waals surface area contributed by atoms with Crippen molar-refractivity contribution in [1.82, 2.24) is 0 Å². The smallest absolute Gasteiger partial charge is 0.335 e. The predicted molar refractivity (Wildman–Crippen MR) is 55.0 cm³/mol. The molecule has 0 fully saturated rings. The lowest BCUT2D eigenvalue weighted by Crippen LogP contribution is -1.97. The van der Waals surface area contributed by atoms with Gasteiger partial charge in [0.1, 0.15) is 0 Å². The Labute approximate surface area is 89.6 Å². The van der Waals surface area contributed by atoms with E-state index in [4.69, 9.17) is 5.11 Å². The van der Waals surface area contributed by atoms with E-state index in [0.717, 1.165) is 0 Å². The molecule has 0 radical (unpaired) electrons. The lowest BCUT2D eigenvalue weighted by atomic mass is 10.1. The molecule has 1 N–H and O–H groups in total. The Morgan fingerprint density at radius 2 is 1.87 bits per heavy atom. The van der Waals surface area contributed by atoms with Crippen LogP contribution < -0.4 is 0 Å². The van der Waals surface area contributed by atoms with E-state index >= 15 is 0 Å². The van der Waals surface area contributed by atoms with E-state index in [2.05, 4.69) is 6.58 Å². The molecule has 0 unspecified atom stereocenters. The zero-order valence-electron chi connectivity index (χ0n) is 7.61. The largest absolute Gasteiger partial charge is 0.478 e. The summed E-state index contributed by atoms with van der Waals surface area (Å²) in [6.45, 7) is 3.36. The second-order valence-corrected chi connectivity index (χ2v) is 3.75. The number of aliphatic carboxylic acids is 1. The van der Waals surface area contributed by atoms with Crippen LogP contribution in [0.4, 0.5) is 8.78 Å². The van der Waals surface area contributed by atoms with E-state index < -0.39 is 11.7 Å². The molecule has 0 spiro atoms. The third-order valence-electron chi connectivity index (χ3n) is 1.69. The van der Waals surface area contributed by atoms with Crippen molar-refractivity contribution in [3.63, 3.8) is 0 Å². The average Bonchev–Trinajstić information content (AvgIpc) is 2.17. The van der Waals surface area contributed by atoms with Crippen LogP contribution in [0, 0.1) is 0 Å². The molecular formula is C10H8F2O2S. The van der Waals surface area contributed by atoms with Gasteiger partial charge in [0.2, 0.25) is 0 Å². The van der Waals surface area contributed by atoms with Crippen LogP contribution in [0.25, 0.3) is 5.57 Å². The van der Waals surface area contributed by atoms with Crippen LogP contribution in [0.2, 0.25) is 0 Å². The Morgan fingerprint density at radius 3 is 2.27 bits per heavy atom. The second kappa shape index (κ2) is 4.93. The van der Waals surface area contributed by atoms with Crippen molar-refractivity contribution < 1.29 is 18.7 Å². The number of carbonyl (C=O) groups is 1. The molecule has 2 nitrogen and oxygen atoms in total. The molecule has 15 heavy (non-hydrogen) atoms. The molecule has 1 aromatic carbocycles. The summed E-state index contributed by atoms with van der Waals surface area (Å²) in [5.74, 6) is -3.59. The summed E-state index contributed by atoms with van der Waals surface area (Å²) in [6, 6.07) is 5.81. The molecule has 0 aliphatic heterocycles. The first-order chi connectivity index (χ1) is 7.00. The van der Waals surface area contributed by atoms with E-state index in [1.165, 1.54) is 24.3 Å². The van der Waals surface area contributed by atoms with E-state index in [9.17, 15) is 13.6 Å². The highest BCUT2D eigenvalue weighted by Gasteiger charge is 2.08. The van der Waals surface area contributed by atoms with Gasteiger partial charge in [0, 0.05) is 4.90 Å². The van der Waals surface area contributed by atoms with Crippen LogP contribution in [-0.2, 0) is 4.79 Å². The van der Waals surface area contributed by atoms with Gasteiger partial charge in [0.25, 0.3) is 5.76 Å². The highest BCUT2D eigenvalue weighted by atomic mass is 32.2. The van der Waals surface area contributed by atoms with Crippen molar-refractivity contribution in [2.75, 3.05) is 0 Å². The number of alkyl halides is 2. The van der Waals surface area contributed by atoms with Crippen LogP contribution >= 0.6 is 11.8 Å². The van der Waals surface area contributed by atoms with E-state index in [-0.39, 0.29) is 5.57 Å². The van der Waals surface area contributed by atoms with Crippen LogP contribution in [0.5, 0.6) is 0 Å². The van der Waals surface area contributed by atoms with E-state index in [1.54, 1.807) is 0 Å². The molecule has 0 saturated carbocycles. The zero-order chi connectivity index (χ0) is 11.4. The molecule has 0 bridgehead atoms. The van der Waals surface area contributed by atoms with Crippen LogP contribution in [0.1, 0.15) is 5.56 Å². The fraction of sp³-hybridized carbons (Fsp3) is 0.100. The molecule has 0 amide bonds. The number of thioether (sulfide) groups is 1. The summed E-state index contributed by atoms with van der Waals surface area (Å²) >= 11 is 0.417. The topological polar surface area (TPSA) is 37.3 Å². The summed E-state index contributed by atoms with van der Waals surface area (Å²) in [5, 5.41) is 8.63. The predicted octanol–water partition coefficient (Wildman–Crippen LogP) is 3.10. The van der Waals surface area contributed by atoms with Gasteiger partial charge in [0.15, 0.2) is 0 Å². The number of carboxylic acids is 1. The molecule has 1 aromatic rings. The fourth-order valence-corrected chi connectivity index (χ4v) is 1.46. The molecule has 0 aromatic heterocycles.